The molecular weight excluding hydrogens is 340 g/mol. The van der Waals surface area contributed by atoms with Gasteiger partial charge in [-0.15, -0.1) is 0 Å². The van der Waals surface area contributed by atoms with Gasteiger partial charge in [-0.2, -0.15) is 0 Å². The minimum atomic E-state index is 0.830. The van der Waals surface area contributed by atoms with Crippen LogP contribution in [0.1, 0.15) is 22.5 Å². The molecule has 0 bridgehead atoms. The summed E-state index contributed by atoms with van der Waals surface area (Å²) in [7, 11) is 0. The van der Waals surface area contributed by atoms with Gasteiger partial charge in [0, 0.05) is 35.0 Å². The Bertz CT molecular complexity index is 1140. The highest BCUT2D eigenvalue weighted by Gasteiger charge is 2.07. The van der Waals surface area contributed by atoms with Gasteiger partial charge >= 0.3 is 0 Å². The Morgan fingerprint density at radius 2 is 0.821 bits per heavy atom. The monoisotopic (exact) mass is 360 g/mol. The molecule has 2 heterocycles. The zero-order valence-electron chi connectivity index (χ0n) is 15.5. The first-order valence-corrected chi connectivity index (χ1v) is 9.61. The number of hydrogen-bond acceptors (Lipinski definition) is 2. The van der Waals surface area contributed by atoms with Crippen molar-refractivity contribution in [3.05, 3.63) is 120 Å². The highest BCUT2D eigenvalue weighted by molar-refractivity contribution is 6.02. The van der Waals surface area contributed by atoms with Gasteiger partial charge in [-0.25, -0.2) is 0 Å². The average molecular weight is 360 g/mol. The lowest BCUT2D eigenvalue weighted by molar-refractivity contribution is 1.09. The van der Waals surface area contributed by atoms with Crippen molar-refractivity contribution in [3.8, 4) is 0 Å². The molecule has 0 amide bonds. The summed E-state index contributed by atoms with van der Waals surface area (Å²) in [5, 5.41) is 2.27. The fraction of sp³-hybridized carbons (Fsp3) is 0.0769. The van der Waals surface area contributed by atoms with Crippen LogP contribution in [-0.4, -0.2) is 9.97 Å². The molecule has 2 heteroatoms. The summed E-state index contributed by atoms with van der Waals surface area (Å²) in [5.74, 6) is 0. The Kier molecular flexibility index (Phi) is 4.30. The van der Waals surface area contributed by atoms with Crippen LogP contribution in [0.3, 0.4) is 0 Å². The molecule has 0 N–H and O–H groups in total. The summed E-state index contributed by atoms with van der Waals surface area (Å²) in [5.41, 5.74) is 6.66. The molecule has 2 nitrogen and oxygen atoms in total. The molecule has 0 aliphatic carbocycles. The second kappa shape index (κ2) is 7.24. The molecule has 0 spiro atoms. The summed E-state index contributed by atoms with van der Waals surface area (Å²) >= 11 is 0. The van der Waals surface area contributed by atoms with Crippen LogP contribution in [0.25, 0.3) is 21.8 Å². The Hall–Kier alpha value is -3.52. The third kappa shape index (κ3) is 3.37. The lowest BCUT2D eigenvalue weighted by atomic mass is 10.1. The number of hydrogen-bond donors (Lipinski definition) is 0. The average Bonchev–Trinajstić information content (AvgIpc) is 2.75. The summed E-state index contributed by atoms with van der Waals surface area (Å²) < 4.78 is 0. The van der Waals surface area contributed by atoms with Gasteiger partial charge in [-0.1, -0.05) is 84.9 Å². The van der Waals surface area contributed by atoms with Crippen molar-refractivity contribution in [2.75, 3.05) is 0 Å². The number of fused-ring (bicyclic) bond motifs is 3. The Morgan fingerprint density at radius 1 is 0.429 bits per heavy atom. The van der Waals surface area contributed by atoms with Crippen LogP contribution < -0.4 is 0 Å². The standard InChI is InChI=1S/C26H20N2/c1-3-7-19(8-4-1)17-23-15-13-21-11-12-22-14-16-24(28-26(22)25(21)27-23)18-20-9-5-2-6-10-20/h1-16H,17-18H2. The van der Waals surface area contributed by atoms with E-state index in [1.807, 2.05) is 12.1 Å². The van der Waals surface area contributed by atoms with Crippen LogP contribution in [0.2, 0.25) is 0 Å². The largest absolute Gasteiger partial charge is 0.250 e. The SMILES string of the molecule is c1ccc(Cc2ccc3ccc4ccc(Cc5ccccc5)nc4c3n2)cc1. The van der Waals surface area contributed by atoms with E-state index in [-0.39, 0.29) is 0 Å². The quantitative estimate of drug-likeness (QED) is 0.369. The van der Waals surface area contributed by atoms with Crippen LogP contribution in [0.15, 0.2) is 97.1 Å². The van der Waals surface area contributed by atoms with Crippen molar-refractivity contribution in [1.29, 1.82) is 0 Å². The van der Waals surface area contributed by atoms with Crippen molar-refractivity contribution >= 4 is 21.8 Å². The maximum absolute atomic E-state index is 4.98. The highest BCUT2D eigenvalue weighted by atomic mass is 14.8. The van der Waals surface area contributed by atoms with E-state index in [0.29, 0.717) is 0 Å². The fourth-order valence-electron chi connectivity index (χ4n) is 3.66. The lowest BCUT2D eigenvalue weighted by Gasteiger charge is -2.08. The lowest BCUT2D eigenvalue weighted by Crippen LogP contribution is -1.96. The Balaban J connectivity index is 1.58. The first-order chi connectivity index (χ1) is 13.8. The van der Waals surface area contributed by atoms with Crippen molar-refractivity contribution < 1.29 is 0 Å². The Labute approximate surface area is 164 Å². The fourth-order valence-corrected chi connectivity index (χ4v) is 3.66. The minimum Gasteiger partial charge on any atom is -0.250 e. The highest BCUT2D eigenvalue weighted by Crippen LogP contribution is 2.24. The number of pyridine rings is 2. The van der Waals surface area contributed by atoms with Crippen LogP contribution in [0.5, 0.6) is 0 Å². The number of nitrogens with zero attached hydrogens (tertiary/aromatic N) is 2. The zero-order valence-corrected chi connectivity index (χ0v) is 15.5. The predicted molar refractivity (Wildman–Crippen MR) is 116 cm³/mol. The molecule has 0 saturated heterocycles. The van der Waals surface area contributed by atoms with Gasteiger partial charge in [0.05, 0.1) is 11.0 Å². The van der Waals surface area contributed by atoms with Gasteiger partial charge < -0.3 is 0 Å². The van der Waals surface area contributed by atoms with E-state index in [2.05, 4.69) is 84.9 Å². The molecule has 5 aromatic rings. The van der Waals surface area contributed by atoms with E-state index in [4.69, 9.17) is 9.97 Å². The molecule has 0 aliphatic heterocycles. The van der Waals surface area contributed by atoms with E-state index in [1.165, 1.54) is 11.1 Å². The van der Waals surface area contributed by atoms with Gasteiger partial charge in [-0.05, 0) is 23.3 Å². The molecule has 0 unspecified atom stereocenters. The molecule has 3 aromatic carbocycles. The minimum absolute atomic E-state index is 0.830. The van der Waals surface area contributed by atoms with Crippen molar-refractivity contribution in [3.63, 3.8) is 0 Å². The van der Waals surface area contributed by atoms with E-state index in [0.717, 1.165) is 46.0 Å². The molecule has 28 heavy (non-hydrogen) atoms. The topological polar surface area (TPSA) is 25.8 Å². The number of aromatic nitrogens is 2. The first-order valence-electron chi connectivity index (χ1n) is 9.61. The molecular formula is C26H20N2. The Morgan fingerprint density at radius 3 is 1.25 bits per heavy atom. The van der Waals surface area contributed by atoms with Crippen LogP contribution >= 0.6 is 0 Å². The molecule has 2 aromatic heterocycles. The van der Waals surface area contributed by atoms with E-state index < -0.39 is 0 Å². The van der Waals surface area contributed by atoms with Gasteiger partial charge in [0.15, 0.2) is 0 Å². The molecule has 0 aliphatic rings. The van der Waals surface area contributed by atoms with E-state index >= 15 is 0 Å². The maximum atomic E-state index is 4.98. The summed E-state index contributed by atoms with van der Waals surface area (Å²) in [6, 6.07) is 33.8. The van der Waals surface area contributed by atoms with E-state index in [9.17, 15) is 0 Å². The smallest absolute Gasteiger partial charge is 0.0968 e. The summed E-state index contributed by atoms with van der Waals surface area (Å²) in [4.78, 5) is 9.97. The first kappa shape index (κ1) is 16.6. The van der Waals surface area contributed by atoms with Crippen LogP contribution in [0.4, 0.5) is 0 Å². The third-order valence-electron chi connectivity index (χ3n) is 5.09. The van der Waals surface area contributed by atoms with Crippen LogP contribution in [-0.2, 0) is 12.8 Å². The summed E-state index contributed by atoms with van der Waals surface area (Å²) in [6.45, 7) is 0. The van der Waals surface area contributed by atoms with E-state index in [1.54, 1.807) is 0 Å². The normalized spacial score (nSPS) is 11.1. The van der Waals surface area contributed by atoms with Crippen molar-refractivity contribution in [2.45, 2.75) is 12.8 Å². The van der Waals surface area contributed by atoms with Gasteiger partial charge in [-0.3, -0.25) is 9.97 Å². The molecule has 0 fully saturated rings. The second-order valence-electron chi connectivity index (χ2n) is 7.14. The van der Waals surface area contributed by atoms with Crippen molar-refractivity contribution in [2.24, 2.45) is 0 Å². The molecule has 134 valence electrons. The number of benzene rings is 3. The zero-order chi connectivity index (χ0) is 18.8. The molecule has 5 rings (SSSR count). The number of rotatable bonds is 4. The third-order valence-corrected chi connectivity index (χ3v) is 5.09. The molecule has 0 saturated carbocycles. The van der Waals surface area contributed by atoms with Gasteiger partial charge in [0.25, 0.3) is 0 Å². The predicted octanol–water partition coefficient (Wildman–Crippen LogP) is 5.96. The van der Waals surface area contributed by atoms with Gasteiger partial charge in [0.1, 0.15) is 0 Å². The van der Waals surface area contributed by atoms with Crippen molar-refractivity contribution in [1.82, 2.24) is 9.97 Å². The van der Waals surface area contributed by atoms with Gasteiger partial charge in [0.2, 0.25) is 0 Å². The van der Waals surface area contributed by atoms with Crippen LogP contribution in [0, 0.1) is 0 Å². The summed E-state index contributed by atoms with van der Waals surface area (Å²) in [6.07, 6.45) is 1.66. The molecule has 0 radical (unpaired) electrons. The second-order valence-corrected chi connectivity index (χ2v) is 7.14. The maximum Gasteiger partial charge on any atom is 0.0968 e. The molecule has 0 atom stereocenters.